The molecule has 6 nitrogen and oxygen atoms in total. The highest BCUT2D eigenvalue weighted by Crippen LogP contribution is 2.01. The highest BCUT2D eigenvalue weighted by Gasteiger charge is 2.08. The van der Waals surface area contributed by atoms with Gasteiger partial charge in [-0.05, 0) is 12.0 Å². The summed E-state index contributed by atoms with van der Waals surface area (Å²) in [6.07, 6.45) is 2.95. The molecule has 0 radical (unpaired) electrons. The molecule has 0 unspecified atom stereocenters. The summed E-state index contributed by atoms with van der Waals surface area (Å²) in [6.45, 7) is 4.48. The lowest BCUT2D eigenvalue weighted by atomic mass is 10.1. The molecule has 16 heavy (non-hydrogen) atoms. The standard InChI is InChI=1S/C10H16N4O2/c1-8(2)9(13-16-10(15)11-3)7-14-6-4-5-12-14/h4-6,8H,7H2,1-3H3,(H,11,15). The first kappa shape index (κ1) is 12.2. The van der Waals surface area contributed by atoms with Gasteiger partial charge in [-0.25, -0.2) is 4.79 Å². The Morgan fingerprint density at radius 3 is 2.88 bits per heavy atom. The number of carbonyl (C=O) groups excluding carboxylic acids is 1. The molecule has 1 aromatic rings. The summed E-state index contributed by atoms with van der Waals surface area (Å²) in [5, 5.41) is 10.2. The SMILES string of the molecule is CNC(=O)ON=C(Cn1cccn1)C(C)C. The molecule has 1 amide bonds. The van der Waals surface area contributed by atoms with Crippen molar-refractivity contribution in [3.63, 3.8) is 0 Å². The van der Waals surface area contributed by atoms with Crippen LogP contribution in [0.5, 0.6) is 0 Å². The van der Waals surface area contributed by atoms with Gasteiger partial charge in [-0.15, -0.1) is 0 Å². The van der Waals surface area contributed by atoms with Crippen molar-refractivity contribution in [1.82, 2.24) is 15.1 Å². The summed E-state index contributed by atoms with van der Waals surface area (Å²) < 4.78 is 1.73. The van der Waals surface area contributed by atoms with E-state index in [4.69, 9.17) is 0 Å². The van der Waals surface area contributed by atoms with Crippen LogP contribution in [0.2, 0.25) is 0 Å². The molecule has 0 saturated carbocycles. The Hall–Kier alpha value is -1.85. The molecule has 0 spiro atoms. The summed E-state index contributed by atoms with van der Waals surface area (Å²) in [4.78, 5) is 15.5. The van der Waals surface area contributed by atoms with Crippen LogP contribution in [0.4, 0.5) is 4.79 Å². The average molecular weight is 224 g/mol. The first-order valence-electron chi connectivity index (χ1n) is 5.06. The molecule has 1 N–H and O–H groups in total. The van der Waals surface area contributed by atoms with Gasteiger partial charge in [-0.1, -0.05) is 19.0 Å². The van der Waals surface area contributed by atoms with Crippen LogP contribution in [0.1, 0.15) is 13.8 Å². The molecular formula is C10H16N4O2. The number of rotatable bonds is 4. The van der Waals surface area contributed by atoms with Gasteiger partial charge in [0, 0.05) is 19.4 Å². The van der Waals surface area contributed by atoms with Crippen LogP contribution in [-0.4, -0.2) is 28.6 Å². The number of aromatic nitrogens is 2. The normalized spacial score (nSPS) is 11.6. The van der Waals surface area contributed by atoms with E-state index in [1.807, 2.05) is 26.1 Å². The second-order valence-corrected chi connectivity index (χ2v) is 3.57. The Balaban J connectivity index is 2.64. The van der Waals surface area contributed by atoms with Crippen LogP contribution in [0.3, 0.4) is 0 Å². The van der Waals surface area contributed by atoms with E-state index < -0.39 is 6.09 Å². The lowest BCUT2D eigenvalue weighted by Crippen LogP contribution is -2.21. The van der Waals surface area contributed by atoms with Gasteiger partial charge in [0.25, 0.3) is 0 Å². The molecule has 1 aromatic heterocycles. The molecule has 1 heterocycles. The van der Waals surface area contributed by atoms with Crippen LogP contribution in [0.15, 0.2) is 23.6 Å². The van der Waals surface area contributed by atoms with Crippen molar-refractivity contribution in [3.05, 3.63) is 18.5 Å². The topological polar surface area (TPSA) is 68.5 Å². The fourth-order valence-corrected chi connectivity index (χ4v) is 1.02. The molecule has 0 fully saturated rings. The predicted molar refractivity (Wildman–Crippen MR) is 60.0 cm³/mol. The monoisotopic (exact) mass is 224 g/mol. The third kappa shape index (κ3) is 3.72. The molecule has 6 heteroatoms. The summed E-state index contributed by atoms with van der Waals surface area (Å²) in [6, 6.07) is 1.83. The lowest BCUT2D eigenvalue weighted by molar-refractivity contribution is 0.152. The Bertz CT molecular complexity index is 357. The van der Waals surface area contributed by atoms with Crippen LogP contribution in [-0.2, 0) is 11.4 Å². The number of nitrogens with zero attached hydrogens (tertiary/aromatic N) is 3. The summed E-state index contributed by atoms with van der Waals surface area (Å²) in [5.41, 5.74) is 0.757. The van der Waals surface area contributed by atoms with Crippen molar-refractivity contribution in [2.45, 2.75) is 20.4 Å². The minimum absolute atomic E-state index is 0.189. The molecule has 0 aliphatic rings. The predicted octanol–water partition coefficient (Wildman–Crippen LogP) is 1.25. The molecule has 0 bridgehead atoms. The number of nitrogens with one attached hydrogen (secondary N) is 1. The number of hydrogen-bond donors (Lipinski definition) is 1. The van der Waals surface area contributed by atoms with Crippen molar-refractivity contribution in [2.24, 2.45) is 11.1 Å². The van der Waals surface area contributed by atoms with Gasteiger partial charge in [0.15, 0.2) is 0 Å². The zero-order valence-electron chi connectivity index (χ0n) is 9.67. The minimum Gasteiger partial charge on any atom is -0.323 e. The molecule has 1 rings (SSSR count). The van der Waals surface area contributed by atoms with Crippen LogP contribution in [0.25, 0.3) is 0 Å². The third-order valence-corrected chi connectivity index (χ3v) is 2.00. The third-order valence-electron chi connectivity index (χ3n) is 2.00. The van der Waals surface area contributed by atoms with E-state index in [0.29, 0.717) is 6.54 Å². The first-order valence-corrected chi connectivity index (χ1v) is 5.06. The van der Waals surface area contributed by atoms with E-state index in [1.54, 1.807) is 10.9 Å². The van der Waals surface area contributed by atoms with E-state index in [2.05, 4.69) is 20.4 Å². The summed E-state index contributed by atoms with van der Waals surface area (Å²) in [7, 11) is 1.49. The number of oxime groups is 1. The molecular weight excluding hydrogens is 208 g/mol. The number of amides is 1. The second-order valence-electron chi connectivity index (χ2n) is 3.57. The maximum absolute atomic E-state index is 10.9. The highest BCUT2D eigenvalue weighted by molar-refractivity contribution is 5.86. The molecule has 0 aliphatic heterocycles. The van der Waals surface area contributed by atoms with Gasteiger partial charge in [-0.2, -0.15) is 5.10 Å². The molecule has 88 valence electrons. The Morgan fingerprint density at radius 1 is 1.62 bits per heavy atom. The first-order chi connectivity index (χ1) is 7.63. The zero-order chi connectivity index (χ0) is 12.0. The van der Waals surface area contributed by atoms with Gasteiger partial charge in [0.2, 0.25) is 0 Å². The van der Waals surface area contributed by atoms with Gasteiger partial charge in [0.1, 0.15) is 0 Å². The van der Waals surface area contributed by atoms with Gasteiger partial charge < -0.3 is 5.32 Å². The largest absolute Gasteiger partial charge is 0.433 e. The Morgan fingerprint density at radius 2 is 2.38 bits per heavy atom. The van der Waals surface area contributed by atoms with Crippen LogP contribution in [0, 0.1) is 5.92 Å². The highest BCUT2D eigenvalue weighted by atomic mass is 16.7. The molecule has 0 atom stereocenters. The van der Waals surface area contributed by atoms with E-state index in [-0.39, 0.29) is 5.92 Å². The van der Waals surface area contributed by atoms with Crippen molar-refractivity contribution in [2.75, 3.05) is 7.05 Å². The smallest absolute Gasteiger partial charge is 0.323 e. The van der Waals surface area contributed by atoms with E-state index in [0.717, 1.165) is 5.71 Å². The van der Waals surface area contributed by atoms with Gasteiger partial charge in [0.05, 0.1) is 12.3 Å². The molecule has 0 aromatic carbocycles. The van der Waals surface area contributed by atoms with Crippen molar-refractivity contribution in [3.8, 4) is 0 Å². The molecule has 0 saturated heterocycles. The second kappa shape index (κ2) is 5.89. The van der Waals surface area contributed by atoms with Gasteiger partial charge in [-0.3, -0.25) is 9.52 Å². The Kier molecular flexibility index (Phi) is 4.50. The molecule has 0 aliphatic carbocycles. The van der Waals surface area contributed by atoms with Crippen molar-refractivity contribution >= 4 is 11.8 Å². The number of carbonyl (C=O) groups is 1. The average Bonchev–Trinajstić information content (AvgIpc) is 2.75. The van der Waals surface area contributed by atoms with Crippen LogP contribution >= 0.6 is 0 Å². The van der Waals surface area contributed by atoms with E-state index >= 15 is 0 Å². The fraction of sp³-hybridized carbons (Fsp3) is 0.500. The van der Waals surface area contributed by atoms with Gasteiger partial charge >= 0.3 is 6.09 Å². The number of hydrogen-bond acceptors (Lipinski definition) is 4. The minimum atomic E-state index is -0.571. The fourth-order valence-electron chi connectivity index (χ4n) is 1.02. The summed E-state index contributed by atoms with van der Waals surface area (Å²) in [5.74, 6) is 0.189. The maximum atomic E-state index is 10.9. The maximum Gasteiger partial charge on any atom is 0.433 e. The summed E-state index contributed by atoms with van der Waals surface area (Å²) >= 11 is 0. The quantitative estimate of drug-likeness (QED) is 0.475. The van der Waals surface area contributed by atoms with Crippen molar-refractivity contribution in [1.29, 1.82) is 0 Å². The lowest BCUT2D eigenvalue weighted by Gasteiger charge is -2.09. The van der Waals surface area contributed by atoms with E-state index in [9.17, 15) is 4.79 Å². The van der Waals surface area contributed by atoms with E-state index in [1.165, 1.54) is 7.05 Å². The Labute approximate surface area is 94.3 Å². The zero-order valence-corrected chi connectivity index (χ0v) is 9.67. The van der Waals surface area contributed by atoms with Crippen molar-refractivity contribution < 1.29 is 9.63 Å². The van der Waals surface area contributed by atoms with Crippen LogP contribution < -0.4 is 5.32 Å².